The van der Waals surface area contributed by atoms with Crippen molar-refractivity contribution < 1.29 is 24.1 Å². The van der Waals surface area contributed by atoms with Crippen LogP contribution in [0.1, 0.15) is 22.3 Å². The Morgan fingerprint density at radius 3 is 2.41 bits per heavy atom. The van der Waals surface area contributed by atoms with Crippen LogP contribution in [0.15, 0.2) is 65.7 Å². The number of aliphatic hydroxyl groups is 1. The molecule has 176 valence electrons. The first-order valence-corrected chi connectivity index (χ1v) is 11.2. The molecule has 34 heavy (non-hydrogen) atoms. The molecule has 3 aromatic rings. The zero-order valence-electron chi connectivity index (χ0n) is 19.6. The van der Waals surface area contributed by atoms with E-state index in [0.717, 1.165) is 28.1 Å². The van der Waals surface area contributed by atoms with E-state index in [9.17, 15) is 5.11 Å². The van der Waals surface area contributed by atoms with E-state index in [0.29, 0.717) is 49.1 Å². The smallest absolute Gasteiger partial charge is 0.203 e. The fourth-order valence-corrected chi connectivity index (χ4v) is 4.81. The maximum Gasteiger partial charge on any atom is 0.203 e. The molecule has 2 heterocycles. The van der Waals surface area contributed by atoms with Crippen molar-refractivity contribution in [2.75, 3.05) is 34.4 Å². The number of hydrogen-bond donors (Lipinski definition) is 1. The third kappa shape index (κ3) is 3.62. The monoisotopic (exact) mass is 460 g/mol. The summed E-state index contributed by atoms with van der Waals surface area (Å²) in [6, 6.07) is 19.5. The molecule has 1 atom stereocenters. The quantitative estimate of drug-likeness (QED) is 0.579. The van der Waals surface area contributed by atoms with Gasteiger partial charge in [-0.25, -0.2) is 0 Å². The molecule has 0 spiro atoms. The first kappa shape index (κ1) is 22.1. The summed E-state index contributed by atoms with van der Waals surface area (Å²) in [5.41, 5.74) is 2.71. The van der Waals surface area contributed by atoms with Crippen LogP contribution in [0.25, 0.3) is 0 Å². The van der Waals surface area contributed by atoms with Gasteiger partial charge >= 0.3 is 0 Å². The van der Waals surface area contributed by atoms with Crippen LogP contribution < -0.4 is 18.9 Å². The van der Waals surface area contributed by atoms with Crippen molar-refractivity contribution in [3.8, 4) is 23.0 Å². The van der Waals surface area contributed by atoms with Gasteiger partial charge in [-0.2, -0.15) is 0 Å². The summed E-state index contributed by atoms with van der Waals surface area (Å²) in [5.74, 6) is 3.26. The summed E-state index contributed by atoms with van der Waals surface area (Å²) in [5, 5.41) is 11.8. The fourth-order valence-electron chi connectivity index (χ4n) is 4.81. The average molecular weight is 461 g/mol. The van der Waals surface area contributed by atoms with Gasteiger partial charge in [0.1, 0.15) is 18.2 Å². The van der Waals surface area contributed by atoms with E-state index < -0.39 is 5.72 Å². The molecular formula is C27H28N2O5. The number of rotatable bonds is 7. The Balaban J connectivity index is 1.37. The van der Waals surface area contributed by atoms with Gasteiger partial charge in [-0.05, 0) is 29.8 Å². The largest absolute Gasteiger partial charge is 0.493 e. The lowest BCUT2D eigenvalue weighted by Crippen LogP contribution is -2.53. The Labute approximate surface area is 199 Å². The Bertz CT molecular complexity index is 1220. The number of methoxy groups -OCH3 is 3. The molecule has 7 heteroatoms. The molecule has 2 aliphatic heterocycles. The molecule has 0 saturated carbocycles. The third-order valence-electron chi connectivity index (χ3n) is 6.48. The predicted octanol–water partition coefficient (Wildman–Crippen LogP) is 3.76. The summed E-state index contributed by atoms with van der Waals surface area (Å²) >= 11 is 0. The maximum atomic E-state index is 11.8. The normalized spacial score (nSPS) is 18.6. The van der Waals surface area contributed by atoms with E-state index >= 15 is 0 Å². The van der Waals surface area contributed by atoms with E-state index in [1.54, 1.807) is 21.3 Å². The van der Waals surface area contributed by atoms with Crippen LogP contribution >= 0.6 is 0 Å². The molecule has 0 aromatic heterocycles. The van der Waals surface area contributed by atoms with Crippen molar-refractivity contribution in [1.82, 2.24) is 4.90 Å². The van der Waals surface area contributed by atoms with Crippen molar-refractivity contribution >= 4 is 5.84 Å². The lowest BCUT2D eigenvalue weighted by molar-refractivity contribution is -0.0745. The lowest BCUT2D eigenvalue weighted by atomic mass is 9.86. The average Bonchev–Trinajstić information content (AvgIpc) is 3.38. The Morgan fingerprint density at radius 2 is 1.68 bits per heavy atom. The van der Waals surface area contributed by atoms with Crippen LogP contribution in [0.2, 0.25) is 0 Å². The fraction of sp³-hybridized carbons (Fsp3) is 0.296. The predicted molar refractivity (Wildman–Crippen MR) is 129 cm³/mol. The zero-order chi connectivity index (χ0) is 23.7. The highest BCUT2D eigenvalue weighted by Gasteiger charge is 2.44. The second kappa shape index (κ2) is 8.91. The van der Waals surface area contributed by atoms with Gasteiger partial charge in [0.15, 0.2) is 17.2 Å². The van der Waals surface area contributed by atoms with E-state index in [1.807, 2.05) is 53.4 Å². The van der Waals surface area contributed by atoms with Crippen molar-refractivity contribution in [2.45, 2.75) is 18.8 Å². The van der Waals surface area contributed by atoms with Crippen LogP contribution in [-0.2, 0) is 18.8 Å². The van der Waals surface area contributed by atoms with Gasteiger partial charge in [-0.15, -0.1) is 0 Å². The number of ether oxygens (including phenoxy) is 4. The van der Waals surface area contributed by atoms with Gasteiger partial charge in [0.05, 0.1) is 27.9 Å². The van der Waals surface area contributed by atoms with Gasteiger partial charge in [0, 0.05) is 29.7 Å². The van der Waals surface area contributed by atoms with E-state index in [1.165, 1.54) is 0 Å². The summed E-state index contributed by atoms with van der Waals surface area (Å²) < 4.78 is 22.4. The van der Waals surface area contributed by atoms with Crippen LogP contribution in [0.3, 0.4) is 0 Å². The molecule has 0 fully saturated rings. The zero-order valence-corrected chi connectivity index (χ0v) is 19.6. The molecule has 7 nitrogen and oxygen atoms in total. The lowest BCUT2D eigenvalue weighted by Gasteiger charge is -2.43. The first-order valence-electron chi connectivity index (χ1n) is 11.2. The minimum absolute atomic E-state index is 0.295. The first-order chi connectivity index (χ1) is 16.6. The highest BCUT2D eigenvalue weighted by Crippen LogP contribution is 2.41. The Kier molecular flexibility index (Phi) is 5.79. The van der Waals surface area contributed by atoms with Crippen LogP contribution in [0, 0.1) is 0 Å². The second-order valence-electron chi connectivity index (χ2n) is 8.31. The SMILES string of the molecule is COc1ccc(COc2ccc(C3(O)Cc4ccccc4C4=NCCN43)cc2)c(OC)c1OC. The minimum atomic E-state index is -1.14. The van der Waals surface area contributed by atoms with Gasteiger partial charge in [0.2, 0.25) is 5.75 Å². The van der Waals surface area contributed by atoms with Gasteiger partial charge in [-0.1, -0.05) is 36.4 Å². The van der Waals surface area contributed by atoms with Crippen LogP contribution in [0.5, 0.6) is 23.0 Å². The topological polar surface area (TPSA) is 72.8 Å². The number of amidine groups is 1. The standard InChI is InChI=1S/C27H28N2O5/c1-31-23-13-8-19(24(32-2)25(23)33-3)17-34-21-11-9-20(10-12-21)27(30)16-18-6-4-5-7-22(18)26-28-14-15-29(26)27/h4-13,30H,14-17H2,1-3H3. The van der Waals surface area contributed by atoms with E-state index in [-0.39, 0.29) is 0 Å². The number of hydrogen-bond acceptors (Lipinski definition) is 7. The number of aliphatic imine (C=N–C) groups is 1. The van der Waals surface area contributed by atoms with Gasteiger partial charge < -0.3 is 29.0 Å². The van der Waals surface area contributed by atoms with Crippen molar-refractivity contribution in [3.05, 3.63) is 82.9 Å². The van der Waals surface area contributed by atoms with Crippen LogP contribution in [-0.4, -0.2) is 50.3 Å². The second-order valence-corrected chi connectivity index (χ2v) is 8.31. The Hall–Kier alpha value is -3.71. The highest BCUT2D eigenvalue weighted by atomic mass is 16.5. The molecule has 1 N–H and O–H groups in total. The maximum absolute atomic E-state index is 11.8. The van der Waals surface area contributed by atoms with Gasteiger partial charge in [-0.3, -0.25) is 4.99 Å². The van der Waals surface area contributed by atoms with Crippen molar-refractivity contribution in [1.29, 1.82) is 0 Å². The van der Waals surface area contributed by atoms with E-state index in [2.05, 4.69) is 17.1 Å². The summed E-state index contributed by atoms with van der Waals surface area (Å²) in [6.07, 6.45) is 0.505. The van der Waals surface area contributed by atoms with Crippen molar-refractivity contribution in [2.24, 2.45) is 4.99 Å². The molecule has 0 bridgehead atoms. The summed E-state index contributed by atoms with van der Waals surface area (Å²) in [7, 11) is 4.76. The molecule has 0 amide bonds. The number of fused-ring (bicyclic) bond motifs is 3. The summed E-state index contributed by atoms with van der Waals surface area (Å²) in [4.78, 5) is 6.68. The summed E-state index contributed by atoms with van der Waals surface area (Å²) in [6.45, 7) is 1.67. The molecule has 2 aliphatic rings. The number of nitrogens with zero attached hydrogens (tertiary/aromatic N) is 2. The molecule has 1 unspecified atom stereocenters. The molecule has 0 saturated heterocycles. The van der Waals surface area contributed by atoms with Gasteiger partial charge in [0.25, 0.3) is 0 Å². The minimum Gasteiger partial charge on any atom is -0.493 e. The molecule has 0 radical (unpaired) electrons. The molecular weight excluding hydrogens is 432 g/mol. The Morgan fingerprint density at radius 1 is 0.912 bits per heavy atom. The third-order valence-corrected chi connectivity index (χ3v) is 6.48. The van der Waals surface area contributed by atoms with E-state index in [4.69, 9.17) is 18.9 Å². The highest BCUT2D eigenvalue weighted by molar-refractivity contribution is 6.02. The van der Waals surface area contributed by atoms with Crippen molar-refractivity contribution in [3.63, 3.8) is 0 Å². The molecule has 3 aromatic carbocycles. The number of benzene rings is 3. The molecule has 5 rings (SSSR count). The van der Waals surface area contributed by atoms with Crippen LogP contribution in [0.4, 0.5) is 0 Å². The molecule has 0 aliphatic carbocycles.